The molecule has 3 rings (SSSR count). The molecule has 3 heterocycles. The molecule has 0 radical (unpaired) electrons. The maximum Gasteiger partial charge on any atom is 0.303 e. The largest absolute Gasteiger partial charge is 0.481 e. The third-order valence-electron chi connectivity index (χ3n) is 3.89. The van der Waals surface area contributed by atoms with Crippen LogP contribution in [-0.2, 0) is 4.79 Å². The van der Waals surface area contributed by atoms with Gasteiger partial charge in [-0.1, -0.05) is 0 Å². The summed E-state index contributed by atoms with van der Waals surface area (Å²) in [5.41, 5.74) is 2.22. The van der Waals surface area contributed by atoms with Gasteiger partial charge in [0.15, 0.2) is 0 Å². The van der Waals surface area contributed by atoms with Crippen LogP contribution < -0.4 is 4.90 Å². The van der Waals surface area contributed by atoms with Gasteiger partial charge in [-0.15, -0.1) is 11.3 Å². The van der Waals surface area contributed by atoms with Crippen molar-refractivity contribution < 1.29 is 9.90 Å². The SMILES string of the molecule is Cc1csc2c(N3CCC(CC(=O)O)CC3)ncnc12. The van der Waals surface area contributed by atoms with Gasteiger partial charge in [-0.05, 0) is 36.6 Å². The van der Waals surface area contributed by atoms with Crippen LogP contribution in [0.15, 0.2) is 11.7 Å². The van der Waals surface area contributed by atoms with Crippen molar-refractivity contribution in [2.24, 2.45) is 5.92 Å². The summed E-state index contributed by atoms with van der Waals surface area (Å²) in [5, 5.41) is 11.0. The number of hydrogen-bond donors (Lipinski definition) is 1. The molecule has 20 heavy (non-hydrogen) atoms. The van der Waals surface area contributed by atoms with Gasteiger partial charge in [0.1, 0.15) is 12.1 Å². The van der Waals surface area contributed by atoms with E-state index in [1.807, 2.05) is 0 Å². The molecule has 0 bridgehead atoms. The Hall–Kier alpha value is -1.69. The molecule has 2 aromatic heterocycles. The second-order valence-corrected chi connectivity index (χ2v) is 6.20. The normalized spacial score (nSPS) is 16.8. The molecule has 0 saturated carbocycles. The summed E-state index contributed by atoms with van der Waals surface area (Å²) in [7, 11) is 0. The zero-order chi connectivity index (χ0) is 14.1. The number of nitrogens with zero attached hydrogens (tertiary/aromatic N) is 3. The summed E-state index contributed by atoms with van der Waals surface area (Å²) >= 11 is 1.68. The third-order valence-corrected chi connectivity index (χ3v) is 4.97. The summed E-state index contributed by atoms with van der Waals surface area (Å²) in [6, 6.07) is 0. The number of carbonyl (C=O) groups is 1. The molecule has 106 valence electrons. The van der Waals surface area contributed by atoms with E-state index in [9.17, 15) is 4.79 Å². The van der Waals surface area contributed by atoms with E-state index in [1.54, 1.807) is 17.7 Å². The zero-order valence-electron chi connectivity index (χ0n) is 11.4. The number of aryl methyl sites for hydroxylation is 1. The molecule has 1 saturated heterocycles. The summed E-state index contributed by atoms with van der Waals surface area (Å²) < 4.78 is 1.14. The van der Waals surface area contributed by atoms with E-state index >= 15 is 0 Å². The lowest BCUT2D eigenvalue weighted by molar-refractivity contribution is -0.138. The first-order valence-corrected chi connectivity index (χ1v) is 7.68. The molecule has 0 atom stereocenters. The van der Waals surface area contributed by atoms with Crippen LogP contribution in [0.4, 0.5) is 5.82 Å². The van der Waals surface area contributed by atoms with E-state index in [4.69, 9.17) is 5.11 Å². The fourth-order valence-corrected chi connectivity index (χ4v) is 3.80. The Labute approximate surface area is 121 Å². The van der Waals surface area contributed by atoms with E-state index in [0.29, 0.717) is 5.92 Å². The quantitative estimate of drug-likeness (QED) is 0.941. The highest BCUT2D eigenvalue weighted by molar-refractivity contribution is 7.18. The number of anilines is 1. The maximum absolute atomic E-state index is 10.8. The summed E-state index contributed by atoms with van der Waals surface area (Å²) in [5.74, 6) is 0.606. The monoisotopic (exact) mass is 291 g/mol. The van der Waals surface area contributed by atoms with E-state index in [2.05, 4.69) is 27.2 Å². The Kier molecular flexibility index (Phi) is 3.56. The molecule has 0 amide bonds. The highest BCUT2D eigenvalue weighted by atomic mass is 32.1. The number of piperidine rings is 1. The van der Waals surface area contributed by atoms with Crippen LogP contribution in [0.1, 0.15) is 24.8 Å². The highest BCUT2D eigenvalue weighted by Crippen LogP contribution is 2.33. The van der Waals surface area contributed by atoms with Crippen LogP contribution >= 0.6 is 11.3 Å². The van der Waals surface area contributed by atoms with Crippen molar-refractivity contribution in [3.8, 4) is 0 Å². The number of rotatable bonds is 3. The number of thiophene rings is 1. The Bertz CT molecular complexity index is 632. The minimum absolute atomic E-state index is 0.283. The second-order valence-electron chi connectivity index (χ2n) is 5.32. The zero-order valence-corrected chi connectivity index (χ0v) is 12.2. The lowest BCUT2D eigenvalue weighted by Crippen LogP contribution is -2.35. The lowest BCUT2D eigenvalue weighted by Gasteiger charge is -2.32. The topological polar surface area (TPSA) is 66.3 Å². The predicted molar refractivity (Wildman–Crippen MR) is 79.3 cm³/mol. The third kappa shape index (κ3) is 2.47. The fourth-order valence-electron chi connectivity index (χ4n) is 2.78. The molecule has 1 fully saturated rings. The Morgan fingerprint density at radius 3 is 2.90 bits per heavy atom. The number of carboxylic acid groups (broad SMARTS) is 1. The van der Waals surface area contributed by atoms with E-state index in [0.717, 1.165) is 42.0 Å². The first-order valence-electron chi connectivity index (χ1n) is 6.80. The molecular weight excluding hydrogens is 274 g/mol. The average molecular weight is 291 g/mol. The first-order chi connectivity index (χ1) is 9.65. The van der Waals surface area contributed by atoms with E-state index in [-0.39, 0.29) is 6.42 Å². The van der Waals surface area contributed by atoms with Gasteiger partial charge in [-0.3, -0.25) is 4.79 Å². The molecule has 2 aromatic rings. The minimum atomic E-state index is -0.693. The van der Waals surface area contributed by atoms with Gasteiger partial charge in [0.25, 0.3) is 0 Å². The Morgan fingerprint density at radius 1 is 1.45 bits per heavy atom. The van der Waals surface area contributed by atoms with Crippen molar-refractivity contribution >= 4 is 33.3 Å². The van der Waals surface area contributed by atoms with Gasteiger partial charge in [-0.2, -0.15) is 0 Å². The van der Waals surface area contributed by atoms with Gasteiger partial charge >= 0.3 is 5.97 Å². The van der Waals surface area contributed by atoms with E-state index in [1.165, 1.54) is 5.56 Å². The van der Waals surface area contributed by atoms with Crippen molar-refractivity contribution in [3.05, 3.63) is 17.3 Å². The number of aromatic nitrogens is 2. The second kappa shape index (κ2) is 5.36. The standard InChI is InChI=1S/C14H17N3O2S/c1-9-7-20-13-12(9)15-8-16-14(13)17-4-2-10(3-5-17)6-11(18)19/h7-8,10H,2-6H2,1H3,(H,18,19). The molecule has 5 nitrogen and oxygen atoms in total. The minimum Gasteiger partial charge on any atom is -0.481 e. The van der Waals surface area contributed by atoms with Crippen molar-refractivity contribution in [3.63, 3.8) is 0 Å². The van der Waals surface area contributed by atoms with Gasteiger partial charge in [0, 0.05) is 19.5 Å². The van der Waals surface area contributed by atoms with Crippen LogP contribution in [0, 0.1) is 12.8 Å². The molecule has 6 heteroatoms. The lowest BCUT2D eigenvalue weighted by atomic mass is 9.94. The molecule has 1 aliphatic rings. The average Bonchev–Trinajstić information content (AvgIpc) is 2.81. The van der Waals surface area contributed by atoms with Gasteiger partial charge in [-0.25, -0.2) is 9.97 Å². The van der Waals surface area contributed by atoms with Crippen LogP contribution in [0.5, 0.6) is 0 Å². The predicted octanol–water partition coefficient (Wildman–Crippen LogP) is 2.69. The molecule has 0 spiro atoms. The molecule has 1 N–H and O–H groups in total. The van der Waals surface area contributed by atoms with Gasteiger partial charge < -0.3 is 10.0 Å². The summed E-state index contributed by atoms with van der Waals surface area (Å²) in [6.07, 6.45) is 3.75. The molecular formula is C14H17N3O2S. The van der Waals surface area contributed by atoms with Crippen molar-refractivity contribution in [2.75, 3.05) is 18.0 Å². The molecule has 0 unspecified atom stereocenters. The first kappa shape index (κ1) is 13.3. The fraction of sp³-hybridized carbons (Fsp3) is 0.500. The summed E-state index contributed by atoms with van der Waals surface area (Å²) in [4.78, 5) is 21.8. The van der Waals surface area contributed by atoms with Crippen LogP contribution in [-0.4, -0.2) is 34.1 Å². The van der Waals surface area contributed by atoms with Gasteiger partial charge in [0.05, 0.1) is 10.2 Å². The smallest absolute Gasteiger partial charge is 0.303 e. The number of hydrogen-bond acceptors (Lipinski definition) is 5. The maximum atomic E-state index is 10.8. The van der Waals surface area contributed by atoms with Crippen molar-refractivity contribution in [1.82, 2.24) is 9.97 Å². The van der Waals surface area contributed by atoms with Crippen molar-refractivity contribution in [1.29, 1.82) is 0 Å². The Morgan fingerprint density at radius 2 is 2.20 bits per heavy atom. The highest BCUT2D eigenvalue weighted by Gasteiger charge is 2.23. The van der Waals surface area contributed by atoms with Crippen LogP contribution in [0.25, 0.3) is 10.2 Å². The Balaban J connectivity index is 1.78. The molecule has 0 aromatic carbocycles. The summed E-state index contributed by atoms with van der Waals surface area (Å²) in [6.45, 7) is 3.82. The molecule has 0 aliphatic carbocycles. The van der Waals surface area contributed by atoms with E-state index < -0.39 is 5.97 Å². The number of carboxylic acids is 1. The van der Waals surface area contributed by atoms with Crippen LogP contribution in [0.2, 0.25) is 0 Å². The number of fused-ring (bicyclic) bond motifs is 1. The van der Waals surface area contributed by atoms with Gasteiger partial charge in [0.2, 0.25) is 0 Å². The number of aliphatic carboxylic acids is 1. The van der Waals surface area contributed by atoms with Crippen LogP contribution in [0.3, 0.4) is 0 Å². The van der Waals surface area contributed by atoms with Crippen molar-refractivity contribution in [2.45, 2.75) is 26.2 Å². The molecule has 1 aliphatic heterocycles.